The van der Waals surface area contributed by atoms with Crippen molar-refractivity contribution in [3.8, 4) is 28.7 Å². The van der Waals surface area contributed by atoms with Gasteiger partial charge in [0.1, 0.15) is 22.9 Å². The molecule has 0 spiro atoms. The summed E-state index contributed by atoms with van der Waals surface area (Å²) in [5.74, 6) is 1.50. The summed E-state index contributed by atoms with van der Waals surface area (Å²) in [6, 6.07) is 17.3. The number of ether oxygens (including phenoxy) is 3. The lowest BCUT2D eigenvalue weighted by Crippen LogP contribution is -2.33. The fourth-order valence-electron chi connectivity index (χ4n) is 5.18. The lowest BCUT2D eigenvalue weighted by Gasteiger charge is -2.21. The first kappa shape index (κ1) is 27.6. The van der Waals surface area contributed by atoms with Gasteiger partial charge in [0.15, 0.2) is 17.3 Å². The van der Waals surface area contributed by atoms with E-state index in [2.05, 4.69) is 15.3 Å². The molecule has 1 aliphatic carbocycles. The highest BCUT2D eigenvalue weighted by atomic mass is 16.5. The highest BCUT2D eigenvalue weighted by Gasteiger charge is 2.26. The maximum atomic E-state index is 13.6. The van der Waals surface area contributed by atoms with Gasteiger partial charge < -0.3 is 19.5 Å². The normalized spacial score (nSPS) is 12.5. The van der Waals surface area contributed by atoms with Crippen LogP contribution in [-0.4, -0.2) is 40.4 Å². The molecule has 0 saturated carbocycles. The molecule has 1 amide bonds. The minimum Gasteiger partial charge on any atom is -0.493 e. The van der Waals surface area contributed by atoms with Crippen LogP contribution in [-0.2, 0) is 6.42 Å². The summed E-state index contributed by atoms with van der Waals surface area (Å²) in [4.78, 5) is 48.5. The number of methoxy groups -OCH3 is 2. The van der Waals surface area contributed by atoms with Crippen LogP contribution in [0.15, 0.2) is 77.9 Å². The fourth-order valence-corrected chi connectivity index (χ4v) is 5.18. The lowest BCUT2D eigenvalue weighted by atomic mass is 9.92. The van der Waals surface area contributed by atoms with E-state index in [-0.39, 0.29) is 17.2 Å². The molecule has 5 aromatic rings. The summed E-state index contributed by atoms with van der Waals surface area (Å²) in [5.41, 5.74) is 2.69. The number of ketones is 1. The number of benzene rings is 2. The molecule has 0 fully saturated rings. The standard InChI is InChI=1S/C33H28N4O6/c1-19-7-9-20(10-8-19)37-26-5-4-6-27(38)23(26)15-24(33(37)40)32(39)36-31-12-11-21(18-35-31)43-28-13-14-34-25-17-30(42-3)29(41-2)16-22(25)28/h7-18H,4-6H2,1-3H3,(H,35,36,39). The van der Waals surface area contributed by atoms with Gasteiger partial charge in [0.05, 0.1) is 25.9 Å². The number of carbonyl (C=O) groups is 2. The third-order valence-electron chi connectivity index (χ3n) is 7.37. The van der Waals surface area contributed by atoms with E-state index in [1.165, 1.54) is 16.8 Å². The fraction of sp³-hybridized carbons (Fsp3) is 0.182. The largest absolute Gasteiger partial charge is 0.493 e. The second-order valence-corrected chi connectivity index (χ2v) is 10.1. The number of amides is 1. The van der Waals surface area contributed by atoms with Crippen LogP contribution in [0.25, 0.3) is 16.6 Å². The maximum absolute atomic E-state index is 13.6. The van der Waals surface area contributed by atoms with Crippen molar-refractivity contribution in [3.05, 3.63) is 106 Å². The van der Waals surface area contributed by atoms with Crippen LogP contribution in [0.3, 0.4) is 0 Å². The van der Waals surface area contributed by atoms with Gasteiger partial charge in [0.2, 0.25) is 0 Å². The van der Waals surface area contributed by atoms with Gasteiger partial charge in [-0.1, -0.05) is 17.7 Å². The molecular formula is C33H28N4O6. The number of nitrogens with zero attached hydrogens (tertiary/aromatic N) is 3. The van der Waals surface area contributed by atoms with Crippen molar-refractivity contribution in [2.45, 2.75) is 26.2 Å². The van der Waals surface area contributed by atoms with Crippen molar-refractivity contribution in [1.82, 2.24) is 14.5 Å². The van der Waals surface area contributed by atoms with E-state index in [0.717, 1.165) is 5.56 Å². The van der Waals surface area contributed by atoms with Crippen molar-refractivity contribution in [2.75, 3.05) is 19.5 Å². The van der Waals surface area contributed by atoms with Gasteiger partial charge in [-0.25, -0.2) is 4.98 Å². The molecule has 1 aliphatic rings. The second-order valence-electron chi connectivity index (χ2n) is 10.1. The molecule has 3 aromatic heterocycles. The Balaban J connectivity index is 1.28. The maximum Gasteiger partial charge on any atom is 0.268 e. The van der Waals surface area contributed by atoms with Crippen molar-refractivity contribution < 1.29 is 23.8 Å². The Hall–Kier alpha value is -5.51. The Morgan fingerprint density at radius 3 is 2.37 bits per heavy atom. The molecule has 0 bridgehead atoms. The number of hydrogen-bond acceptors (Lipinski definition) is 8. The zero-order chi connectivity index (χ0) is 30.1. The predicted molar refractivity (Wildman–Crippen MR) is 161 cm³/mol. The number of Topliss-reactive ketones (excluding diaryl/α,β-unsaturated/α-hetero) is 1. The van der Waals surface area contributed by atoms with E-state index in [9.17, 15) is 14.4 Å². The van der Waals surface area contributed by atoms with Gasteiger partial charge in [-0.2, -0.15) is 0 Å². The summed E-state index contributed by atoms with van der Waals surface area (Å²) in [6.07, 6.45) is 4.68. The summed E-state index contributed by atoms with van der Waals surface area (Å²) in [5, 5.41) is 3.40. The molecular weight excluding hydrogens is 548 g/mol. The number of anilines is 1. The van der Waals surface area contributed by atoms with Gasteiger partial charge in [-0.05, 0) is 62.2 Å². The molecule has 0 radical (unpaired) electrons. The molecule has 1 N–H and O–H groups in total. The molecule has 0 unspecified atom stereocenters. The SMILES string of the molecule is COc1cc2nccc(Oc3ccc(NC(=O)c4cc5c(n(-c6ccc(C)cc6)c4=O)CCCC5=O)nc3)c2cc1OC. The molecule has 3 heterocycles. The quantitative estimate of drug-likeness (QED) is 0.263. The summed E-state index contributed by atoms with van der Waals surface area (Å²) >= 11 is 0. The molecule has 216 valence electrons. The number of hydrogen-bond donors (Lipinski definition) is 1. The number of nitrogens with one attached hydrogen (secondary N) is 1. The van der Waals surface area contributed by atoms with E-state index in [0.29, 0.717) is 70.1 Å². The molecule has 0 atom stereocenters. The predicted octanol–water partition coefficient (Wildman–Crippen LogP) is 5.67. The number of aryl methyl sites for hydroxylation is 1. The molecule has 0 saturated heterocycles. The Morgan fingerprint density at radius 1 is 0.884 bits per heavy atom. The zero-order valence-electron chi connectivity index (χ0n) is 23.8. The topological polar surface area (TPSA) is 122 Å². The van der Waals surface area contributed by atoms with Crippen molar-refractivity contribution in [1.29, 1.82) is 0 Å². The molecule has 6 rings (SSSR count). The van der Waals surface area contributed by atoms with Crippen LogP contribution in [0.5, 0.6) is 23.0 Å². The number of rotatable bonds is 7. The Morgan fingerprint density at radius 2 is 1.65 bits per heavy atom. The monoisotopic (exact) mass is 576 g/mol. The average molecular weight is 577 g/mol. The highest BCUT2D eigenvalue weighted by molar-refractivity contribution is 6.06. The van der Waals surface area contributed by atoms with Gasteiger partial charge in [-0.3, -0.25) is 23.9 Å². The molecule has 2 aromatic carbocycles. The van der Waals surface area contributed by atoms with Crippen molar-refractivity contribution >= 4 is 28.4 Å². The third-order valence-corrected chi connectivity index (χ3v) is 7.37. The van der Waals surface area contributed by atoms with Crippen molar-refractivity contribution in [2.24, 2.45) is 0 Å². The van der Waals surface area contributed by atoms with Crippen LogP contribution in [0.2, 0.25) is 0 Å². The lowest BCUT2D eigenvalue weighted by molar-refractivity contribution is 0.0971. The summed E-state index contributed by atoms with van der Waals surface area (Å²) in [7, 11) is 3.11. The smallest absolute Gasteiger partial charge is 0.268 e. The van der Waals surface area contributed by atoms with Gasteiger partial charge in [0.25, 0.3) is 11.5 Å². The number of carbonyl (C=O) groups excluding carboxylic acids is 2. The number of fused-ring (bicyclic) bond motifs is 2. The number of pyridine rings is 3. The highest BCUT2D eigenvalue weighted by Crippen LogP contribution is 2.37. The zero-order valence-corrected chi connectivity index (χ0v) is 23.8. The van der Waals surface area contributed by atoms with Crippen molar-refractivity contribution in [3.63, 3.8) is 0 Å². The van der Waals surface area contributed by atoms with Crippen LogP contribution < -0.4 is 25.1 Å². The Kier molecular flexibility index (Phi) is 7.33. The van der Waals surface area contributed by atoms with Crippen LogP contribution in [0, 0.1) is 6.92 Å². The van der Waals surface area contributed by atoms with E-state index in [1.807, 2.05) is 31.2 Å². The minimum atomic E-state index is -0.658. The Bertz CT molecular complexity index is 1930. The van der Waals surface area contributed by atoms with E-state index in [4.69, 9.17) is 14.2 Å². The molecule has 10 heteroatoms. The second kappa shape index (κ2) is 11.4. The van der Waals surface area contributed by atoms with Gasteiger partial charge in [0, 0.05) is 41.0 Å². The molecule has 10 nitrogen and oxygen atoms in total. The number of aromatic nitrogens is 3. The Labute approximate surface area is 246 Å². The summed E-state index contributed by atoms with van der Waals surface area (Å²) < 4.78 is 18.3. The van der Waals surface area contributed by atoms with E-state index < -0.39 is 11.5 Å². The molecule has 43 heavy (non-hydrogen) atoms. The minimum absolute atomic E-state index is 0.0875. The first-order valence-corrected chi connectivity index (χ1v) is 13.7. The van der Waals surface area contributed by atoms with E-state index >= 15 is 0 Å². The third kappa shape index (κ3) is 5.30. The molecule has 0 aliphatic heterocycles. The summed E-state index contributed by atoms with van der Waals surface area (Å²) in [6.45, 7) is 1.95. The van der Waals surface area contributed by atoms with Gasteiger partial charge >= 0.3 is 0 Å². The van der Waals surface area contributed by atoms with Gasteiger partial charge in [-0.15, -0.1) is 0 Å². The van der Waals surface area contributed by atoms with Crippen LogP contribution in [0.4, 0.5) is 5.82 Å². The first-order chi connectivity index (χ1) is 20.9. The van der Waals surface area contributed by atoms with Crippen LogP contribution in [0.1, 0.15) is 44.8 Å². The first-order valence-electron chi connectivity index (χ1n) is 13.7. The van der Waals surface area contributed by atoms with Crippen LogP contribution >= 0.6 is 0 Å². The average Bonchev–Trinajstić information content (AvgIpc) is 3.02. The van der Waals surface area contributed by atoms with E-state index in [1.54, 1.807) is 50.7 Å².